The smallest absolute Gasteiger partial charge is 0.273 e. The van der Waals surface area contributed by atoms with Gasteiger partial charge in [-0.2, -0.15) is 0 Å². The second kappa shape index (κ2) is 8.77. The Morgan fingerprint density at radius 2 is 1.81 bits per heavy atom. The van der Waals surface area contributed by atoms with Gasteiger partial charge in [-0.15, -0.1) is 0 Å². The van der Waals surface area contributed by atoms with Gasteiger partial charge in [0.2, 0.25) is 0 Å². The topological polar surface area (TPSA) is 75.5 Å². The van der Waals surface area contributed by atoms with Crippen molar-refractivity contribution in [3.63, 3.8) is 0 Å². The van der Waals surface area contributed by atoms with E-state index in [1.54, 1.807) is 19.1 Å². The monoisotopic (exact) mass is 367 g/mol. The number of nitro benzene ring substituents is 1. The number of benzene rings is 2. The van der Waals surface area contributed by atoms with E-state index in [4.69, 9.17) is 0 Å². The molecule has 1 amide bonds. The van der Waals surface area contributed by atoms with Gasteiger partial charge in [0.05, 0.1) is 4.92 Å². The highest BCUT2D eigenvalue weighted by Crippen LogP contribution is 2.20. The molecular weight excluding hydrogens is 342 g/mol. The summed E-state index contributed by atoms with van der Waals surface area (Å²) in [5.74, 6) is -0.300. The van der Waals surface area contributed by atoms with E-state index in [9.17, 15) is 14.9 Å². The third-order valence-electron chi connectivity index (χ3n) is 5.07. The van der Waals surface area contributed by atoms with Crippen molar-refractivity contribution >= 4 is 11.6 Å². The number of carbonyl (C=O) groups is 1. The fourth-order valence-electron chi connectivity index (χ4n) is 3.47. The first kappa shape index (κ1) is 19.0. The zero-order chi connectivity index (χ0) is 19.2. The molecule has 6 nitrogen and oxygen atoms in total. The van der Waals surface area contributed by atoms with Crippen LogP contribution >= 0.6 is 0 Å². The fraction of sp³-hybridized carbons (Fsp3) is 0.381. The third-order valence-corrected chi connectivity index (χ3v) is 5.07. The molecule has 1 aliphatic heterocycles. The SMILES string of the molecule is Cc1ccc(C(=O)NCc2ccccc2CN2CCCCC2)cc1[N+](=O)[O-]. The summed E-state index contributed by atoms with van der Waals surface area (Å²) in [7, 11) is 0. The Kier molecular flexibility index (Phi) is 6.19. The van der Waals surface area contributed by atoms with Crippen LogP contribution < -0.4 is 5.32 Å². The number of hydrogen-bond donors (Lipinski definition) is 1. The summed E-state index contributed by atoms with van der Waals surface area (Å²) in [6.07, 6.45) is 3.78. The van der Waals surface area contributed by atoms with Crippen LogP contribution in [0.3, 0.4) is 0 Å². The quantitative estimate of drug-likeness (QED) is 0.622. The molecule has 0 saturated carbocycles. The number of aryl methyl sites for hydroxylation is 1. The number of likely N-dealkylation sites (tertiary alicyclic amines) is 1. The van der Waals surface area contributed by atoms with Crippen LogP contribution in [-0.2, 0) is 13.1 Å². The number of nitrogens with one attached hydrogen (secondary N) is 1. The van der Waals surface area contributed by atoms with E-state index in [2.05, 4.69) is 16.3 Å². The second-order valence-corrected chi connectivity index (χ2v) is 7.05. The number of amides is 1. The second-order valence-electron chi connectivity index (χ2n) is 7.05. The number of nitro groups is 1. The Morgan fingerprint density at radius 3 is 2.52 bits per heavy atom. The van der Waals surface area contributed by atoms with Gasteiger partial charge in [-0.3, -0.25) is 19.8 Å². The lowest BCUT2D eigenvalue weighted by Crippen LogP contribution is -2.30. The Bertz CT molecular complexity index is 829. The Balaban J connectivity index is 1.67. The maximum atomic E-state index is 12.5. The van der Waals surface area contributed by atoms with E-state index in [0.717, 1.165) is 25.2 Å². The van der Waals surface area contributed by atoms with E-state index >= 15 is 0 Å². The van der Waals surface area contributed by atoms with Crippen molar-refractivity contribution in [2.75, 3.05) is 13.1 Å². The maximum Gasteiger partial charge on any atom is 0.273 e. The predicted octanol–water partition coefficient (Wildman–Crippen LogP) is 3.82. The standard InChI is InChI=1S/C21H25N3O3/c1-16-9-10-17(13-20(16)24(26)27)21(25)22-14-18-7-3-4-8-19(18)15-23-11-5-2-6-12-23/h3-4,7-10,13H,2,5-6,11-12,14-15H2,1H3,(H,22,25). The van der Waals surface area contributed by atoms with Crippen molar-refractivity contribution in [3.05, 3.63) is 74.8 Å². The molecule has 1 heterocycles. The van der Waals surface area contributed by atoms with Gasteiger partial charge in [0.1, 0.15) is 0 Å². The van der Waals surface area contributed by atoms with Gasteiger partial charge in [0, 0.05) is 30.3 Å². The van der Waals surface area contributed by atoms with E-state index in [-0.39, 0.29) is 11.6 Å². The molecule has 0 spiro atoms. The van der Waals surface area contributed by atoms with Crippen LogP contribution in [0, 0.1) is 17.0 Å². The van der Waals surface area contributed by atoms with E-state index in [1.165, 1.54) is 30.9 Å². The van der Waals surface area contributed by atoms with Crippen molar-refractivity contribution in [1.29, 1.82) is 0 Å². The average Bonchev–Trinajstić information content (AvgIpc) is 2.68. The number of rotatable bonds is 6. The largest absolute Gasteiger partial charge is 0.348 e. The van der Waals surface area contributed by atoms with Crippen molar-refractivity contribution in [1.82, 2.24) is 10.2 Å². The minimum absolute atomic E-state index is 0.0341. The van der Waals surface area contributed by atoms with Gasteiger partial charge in [-0.1, -0.05) is 36.8 Å². The number of nitrogens with zero attached hydrogens (tertiary/aromatic N) is 2. The Hall–Kier alpha value is -2.73. The molecule has 0 radical (unpaired) electrons. The number of hydrogen-bond acceptors (Lipinski definition) is 4. The lowest BCUT2D eigenvalue weighted by Gasteiger charge is -2.27. The minimum Gasteiger partial charge on any atom is -0.348 e. The fourth-order valence-corrected chi connectivity index (χ4v) is 3.47. The van der Waals surface area contributed by atoms with Crippen LogP contribution in [-0.4, -0.2) is 28.8 Å². The van der Waals surface area contributed by atoms with Crippen LogP contribution in [0.5, 0.6) is 0 Å². The molecule has 3 rings (SSSR count). The zero-order valence-electron chi connectivity index (χ0n) is 15.6. The molecule has 27 heavy (non-hydrogen) atoms. The molecule has 142 valence electrons. The molecule has 2 aromatic rings. The summed E-state index contributed by atoms with van der Waals surface area (Å²) in [6, 6.07) is 12.7. The highest BCUT2D eigenvalue weighted by Gasteiger charge is 2.16. The normalized spacial score (nSPS) is 14.7. The number of piperidine rings is 1. The molecule has 1 saturated heterocycles. The van der Waals surface area contributed by atoms with Crippen molar-refractivity contribution in [2.24, 2.45) is 0 Å². The first-order valence-corrected chi connectivity index (χ1v) is 9.37. The molecule has 0 aromatic heterocycles. The molecule has 1 aliphatic rings. The predicted molar refractivity (Wildman–Crippen MR) is 105 cm³/mol. The number of carbonyl (C=O) groups excluding carboxylic acids is 1. The summed E-state index contributed by atoms with van der Waals surface area (Å²) in [5, 5.41) is 14.0. The van der Waals surface area contributed by atoms with E-state index in [0.29, 0.717) is 17.7 Å². The lowest BCUT2D eigenvalue weighted by molar-refractivity contribution is -0.385. The van der Waals surface area contributed by atoms with Crippen LogP contribution in [0.2, 0.25) is 0 Å². The van der Waals surface area contributed by atoms with Gasteiger partial charge in [-0.25, -0.2) is 0 Å². The van der Waals surface area contributed by atoms with Gasteiger partial charge in [0.15, 0.2) is 0 Å². The average molecular weight is 367 g/mol. The minimum atomic E-state index is -0.458. The Labute approximate surface area is 159 Å². The van der Waals surface area contributed by atoms with Crippen molar-refractivity contribution in [2.45, 2.75) is 39.3 Å². The van der Waals surface area contributed by atoms with E-state index < -0.39 is 4.92 Å². The van der Waals surface area contributed by atoms with Crippen molar-refractivity contribution < 1.29 is 9.72 Å². The zero-order valence-corrected chi connectivity index (χ0v) is 15.6. The lowest BCUT2D eigenvalue weighted by atomic mass is 10.0. The Morgan fingerprint density at radius 1 is 1.11 bits per heavy atom. The maximum absolute atomic E-state index is 12.5. The van der Waals surface area contributed by atoms with Crippen molar-refractivity contribution in [3.8, 4) is 0 Å². The van der Waals surface area contributed by atoms with Crippen LogP contribution in [0.4, 0.5) is 5.69 Å². The molecule has 0 unspecified atom stereocenters. The molecule has 0 bridgehead atoms. The highest BCUT2D eigenvalue weighted by molar-refractivity contribution is 5.94. The van der Waals surface area contributed by atoms with Gasteiger partial charge in [-0.05, 0) is 50.0 Å². The molecular formula is C21H25N3O3. The van der Waals surface area contributed by atoms with Gasteiger partial charge in [0.25, 0.3) is 11.6 Å². The first-order chi connectivity index (χ1) is 13.0. The molecule has 0 aliphatic carbocycles. The molecule has 6 heteroatoms. The van der Waals surface area contributed by atoms with Crippen LogP contribution in [0.25, 0.3) is 0 Å². The van der Waals surface area contributed by atoms with Gasteiger partial charge < -0.3 is 5.32 Å². The molecule has 2 aromatic carbocycles. The summed E-state index contributed by atoms with van der Waals surface area (Å²) in [4.78, 5) is 25.5. The first-order valence-electron chi connectivity index (χ1n) is 9.37. The van der Waals surface area contributed by atoms with Crippen LogP contribution in [0.15, 0.2) is 42.5 Å². The summed E-state index contributed by atoms with van der Waals surface area (Å²) in [5.41, 5.74) is 3.12. The molecule has 1 N–H and O–H groups in total. The molecule has 1 fully saturated rings. The van der Waals surface area contributed by atoms with Gasteiger partial charge >= 0.3 is 0 Å². The van der Waals surface area contributed by atoms with E-state index in [1.807, 2.05) is 18.2 Å². The van der Waals surface area contributed by atoms with Crippen LogP contribution in [0.1, 0.15) is 46.3 Å². The summed E-state index contributed by atoms with van der Waals surface area (Å²) >= 11 is 0. The summed E-state index contributed by atoms with van der Waals surface area (Å²) < 4.78 is 0. The summed E-state index contributed by atoms with van der Waals surface area (Å²) in [6.45, 7) is 5.20. The highest BCUT2D eigenvalue weighted by atomic mass is 16.6. The molecule has 0 atom stereocenters. The third kappa shape index (κ3) is 4.92.